The predicted octanol–water partition coefficient (Wildman–Crippen LogP) is 4.10. The molecule has 0 bridgehead atoms. The van der Waals surface area contributed by atoms with Crippen molar-refractivity contribution in [2.45, 2.75) is 36.0 Å². The fourth-order valence-electron chi connectivity index (χ4n) is 4.93. The van der Waals surface area contributed by atoms with Gasteiger partial charge in [0.05, 0.1) is 33.2 Å². The Morgan fingerprint density at radius 3 is 1.44 bits per heavy atom. The molecule has 0 spiro atoms. The van der Waals surface area contributed by atoms with Gasteiger partial charge in [-0.2, -0.15) is 26.3 Å². The van der Waals surface area contributed by atoms with Crippen LogP contribution in [-0.4, -0.2) is 95.5 Å². The molecule has 0 saturated heterocycles. The van der Waals surface area contributed by atoms with Gasteiger partial charge < -0.3 is 14.3 Å². The summed E-state index contributed by atoms with van der Waals surface area (Å²) in [6.07, 6.45) is -8.00. The van der Waals surface area contributed by atoms with Gasteiger partial charge in [0.15, 0.2) is 60.3 Å². The van der Waals surface area contributed by atoms with Crippen LogP contribution >= 0.6 is 0 Å². The molecule has 55 heavy (non-hydrogen) atoms. The topological polar surface area (TPSA) is 231 Å². The first-order valence-corrected chi connectivity index (χ1v) is 18.6. The van der Waals surface area contributed by atoms with Crippen LogP contribution in [0.4, 0.5) is 26.3 Å². The Morgan fingerprint density at radius 1 is 0.673 bits per heavy atom. The second-order valence-corrected chi connectivity index (χ2v) is 15.7. The fraction of sp³-hybridized carbons (Fsp3) is 0.267. The molecule has 6 heterocycles. The summed E-state index contributed by atoms with van der Waals surface area (Å²) in [5.74, 6) is -0.528. The van der Waals surface area contributed by atoms with Crippen LogP contribution in [0, 0.1) is 0 Å². The van der Waals surface area contributed by atoms with Crippen molar-refractivity contribution >= 4 is 54.5 Å². The van der Waals surface area contributed by atoms with E-state index in [0.29, 0.717) is 12.4 Å². The highest BCUT2D eigenvalue weighted by molar-refractivity contribution is 7.91. The molecule has 0 amide bonds. The molecule has 290 valence electrons. The number of nitrogens with zero attached hydrogens (tertiary/aromatic N) is 11. The largest absolute Gasteiger partial charge is 0.435 e. The van der Waals surface area contributed by atoms with E-state index in [-0.39, 0.29) is 78.0 Å². The molecule has 6 aromatic rings. The maximum atomic E-state index is 12.9. The van der Waals surface area contributed by atoms with Gasteiger partial charge in [-0.1, -0.05) is 19.0 Å². The molecule has 6 aromatic heterocycles. The van der Waals surface area contributed by atoms with E-state index in [4.69, 9.17) is 5.21 Å². The van der Waals surface area contributed by atoms with E-state index in [9.17, 15) is 48.0 Å². The summed E-state index contributed by atoms with van der Waals surface area (Å²) in [5.41, 5.74) is -2.84. The number of pyridine rings is 2. The van der Waals surface area contributed by atoms with Gasteiger partial charge in [-0.05, 0) is 24.3 Å². The van der Waals surface area contributed by atoms with Crippen molar-refractivity contribution in [2.24, 2.45) is 19.3 Å². The number of aromatic nitrogens is 10. The van der Waals surface area contributed by atoms with Crippen molar-refractivity contribution in [3.05, 3.63) is 59.2 Å². The summed E-state index contributed by atoms with van der Waals surface area (Å²) in [6, 6.07) is 6.49. The first kappa shape index (κ1) is 40.2. The van der Waals surface area contributed by atoms with Gasteiger partial charge in [-0.25, -0.2) is 36.8 Å². The molecule has 17 nitrogen and oxygen atoms in total. The van der Waals surface area contributed by atoms with Crippen LogP contribution in [0.3, 0.4) is 0 Å². The Balaban J connectivity index is 0.000000211. The molecule has 0 aliphatic heterocycles. The Kier molecular flexibility index (Phi) is 10.7. The maximum Gasteiger partial charge on any atom is 0.435 e. The summed E-state index contributed by atoms with van der Waals surface area (Å²) in [6.45, 7) is 2.88. The zero-order chi connectivity index (χ0) is 40.7. The highest BCUT2D eigenvalue weighted by atomic mass is 32.2. The maximum absolute atomic E-state index is 12.9. The summed E-state index contributed by atoms with van der Waals surface area (Å²) >= 11 is 0. The number of aldehydes is 1. The number of sulfone groups is 2. The van der Waals surface area contributed by atoms with Crippen molar-refractivity contribution in [3.8, 4) is 23.0 Å². The lowest BCUT2D eigenvalue weighted by molar-refractivity contribution is -0.142. The minimum atomic E-state index is -4.70. The van der Waals surface area contributed by atoms with E-state index in [0.717, 1.165) is 12.3 Å². The molecule has 25 heteroatoms. The normalized spacial score (nSPS) is 12.7. The van der Waals surface area contributed by atoms with Gasteiger partial charge >= 0.3 is 12.4 Å². The number of carbonyl (C=O) groups excluding carboxylic acids is 1. The van der Waals surface area contributed by atoms with Crippen molar-refractivity contribution in [1.29, 1.82) is 0 Å². The monoisotopic (exact) mass is 813 g/mol. The lowest BCUT2D eigenvalue weighted by atomic mass is 10.3. The lowest BCUT2D eigenvalue weighted by Gasteiger charge is -2.09. The van der Waals surface area contributed by atoms with Crippen LogP contribution < -0.4 is 0 Å². The molecular formula is C30H25F6N11O6S2. The third kappa shape index (κ3) is 7.96. The highest BCUT2D eigenvalue weighted by Gasteiger charge is 2.35. The summed E-state index contributed by atoms with van der Waals surface area (Å²) in [4.78, 5) is 27.0. The predicted molar refractivity (Wildman–Crippen MR) is 179 cm³/mol. The number of imidazole rings is 2. The van der Waals surface area contributed by atoms with E-state index in [1.165, 1.54) is 61.3 Å². The number of aryl methyl sites for hydroxylation is 2. The first-order valence-electron chi connectivity index (χ1n) is 15.3. The average Bonchev–Trinajstić information content (AvgIpc) is 3.66. The van der Waals surface area contributed by atoms with Crippen molar-refractivity contribution in [2.75, 3.05) is 11.5 Å². The number of carbonyl (C=O) groups is 1. The van der Waals surface area contributed by atoms with E-state index >= 15 is 0 Å². The summed E-state index contributed by atoms with van der Waals surface area (Å²) in [5, 5.41) is 24.9. The lowest BCUT2D eigenvalue weighted by Crippen LogP contribution is -2.10. The molecule has 1 N–H and O–H groups in total. The molecule has 0 saturated carbocycles. The zero-order valence-electron chi connectivity index (χ0n) is 28.5. The number of hydrogen-bond donors (Lipinski definition) is 1. The molecule has 0 aliphatic carbocycles. The summed E-state index contributed by atoms with van der Waals surface area (Å²) < 4.78 is 129. The zero-order valence-corrected chi connectivity index (χ0v) is 30.2. The number of rotatable bonds is 8. The number of alkyl halides is 6. The molecule has 6 rings (SSSR count). The van der Waals surface area contributed by atoms with Gasteiger partial charge in [-0.3, -0.25) is 4.79 Å². The molecule has 0 unspecified atom stereocenters. The minimum Gasteiger partial charge on any atom is -0.411 e. The second-order valence-electron chi connectivity index (χ2n) is 11.2. The molecule has 0 atom stereocenters. The molecule has 0 fully saturated rings. The second kappa shape index (κ2) is 14.7. The van der Waals surface area contributed by atoms with Crippen LogP contribution in [0.25, 0.3) is 45.4 Å². The van der Waals surface area contributed by atoms with E-state index < -0.39 is 43.4 Å². The molecule has 0 aliphatic rings. The van der Waals surface area contributed by atoms with E-state index in [2.05, 4.69) is 45.5 Å². The quantitative estimate of drug-likeness (QED) is 0.0750. The van der Waals surface area contributed by atoms with Gasteiger partial charge in [0.1, 0.15) is 28.1 Å². The van der Waals surface area contributed by atoms with Crippen LogP contribution in [0.2, 0.25) is 0 Å². The van der Waals surface area contributed by atoms with Gasteiger partial charge in [0.2, 0.25) is 0 Å². The van der Waals surface area contributed by atoms with Crippen LogP contribution in [-0.2, 0) is 46.1 Å². The van der Waals surface area contributed by atoms with Crippen LogP contribution in [0.15, 0.2) is 51.3 Å². The highest BCUT2D eigenvalue weighted by Crippen LogP contribution is 2.33. The van der Waals surface area contributed by atoms with Gasteiger partial charge in [-0.15, -0.1) is 20.4 Å². The SMILES string of the molecule is CCS(=O)(=O)c1ccc(C=NO)nc1-c1nc2cc(C(F)(F)F)nnc2n1C.CCS(=O)(=O)c1ccc(C=O)nc1-c1nc2cc(C(F)(F)F)nnc2n1C. The van der Waals surface area contributed by atoms with Crippen molar-refractivity contribution in [3.63, 3.8) is 0 Å². The Morgan fingerprint density at radius 2 is 1.07 bits per heavy atom. The Bertz CT molecular complexity index is 2710. The molecule has 0 radical (unpaired) electrons. The molecular weight excluding hydrogens is 789 g/mol. The van der Waals surface area contributed by atoms with E-state index in [1.54, 1.807) is 0 Å². The van der Waals surface area contributed by atoms with Crippen molar-refractivity contribution in [1.82, 2.24) is 49.5 Å². The van der Waals surface area contributed by atoms with Gasteiger partial charge in [0.25, 0.3) is 0 Å². The molecule has 0 aromatic carbocycles. The smallest absolute Gasteiger partial charge is 0.411 e. The van der Waals surface area contributed by atoms with Crippen LogP contribution in [0.5, 0.6) is 0 Å². The van der Waals surface area contributed by atoms with Crippen LogP contribution in [0.1, 0.15) is 41.4 Å². The minimum absolute atomic E-state index is 0.0103. The van der Waals surface area contributed by atoms with E-state index in [1.807, 2.05) is 0 Å². The Hall–Kier alpha value is -5.98. The first-order chi connectivity index (χ1) is 25.7. The number of fused-ring (bicyclic) bond motifs is 2. The number of oxime groups is 1. The fourth-order valence-corrected chi connectivity index (χ4v) is 6.96. The number of halogens is 6. The standard InChI is InChI=1S/C15H13F3N6O3S.C15H12F3N5O3S/c1-3-28(26,27)10-5-4-8(7-19-25)20-12(10)14-21-9-6-11(15(16,17)18)22-23-13(9)24(14)2;1-3-27(25,26)10-5-4-8(7-24)19-12(10)14-20-9-6-11(15(16,17)18)21-22-13(9)23(14)2/h4-7,25H,3H2,1-2H3;4-7H,3H2,1-2H3. The third-order valence-electron chi connectivity index (χ3n) is 7.74. The third-order valence-corrected chi connectivity index (χ3v) is 11.3. The van der Waals surface area contributed by atoms with Crippen molar-refractivity contribution < 1.29 is 53.2 Å². The Labute approximate surface area is 305 Å². The van der Waals surface area contributed by atoms with Gasteiger partial charge in [0, 0.05) is 26.2 Å². The number of hydrogen-bond acceptors (Lipinski definition) is 15. The summed E-state index contributed by atoms with van der Waals surface area (Å²) in [7, 11) is -4.59. The average molecular weight is 814 g/mol.